The molecule has 0 aliphatic heterocycles. The zero-order valence-electron chi connectivity index (χ0n) is 19.8. The quantitative estimate of drug-likeness (QED) is 0.384. The van der Waals surface area contributed by atoms with Crippen LogP contribution in [0, 0.1) is 29.6 Å². The first kappa shape index (κ1) is 26.5. The summed E-state index contributed by atoms with van der Waals surface area (Å²) < 4.78 is 0. The largest absolute Gasteiger partial charge is 0.359 e. The van der Waals surface area contributed by atoms with Crippen molar-refractivity contribution in [1.82, 2.24) is 0 Å². The minimum Gasteiger partial charge on any atom is -0.359 e. The first-order chi connectivity index (χ1) is 15.0. The second-order valence-corrected chi connectivity index (χ2v) is 11.2. The number of hydrogen-bond donors (Lipinski definition) is 1. The standard InChI is InChI=1S/C25H33Cl2N3OS/c1-7-17(8-2)22(31)29-23-20(14-28)16(3)24(32-23)30(12-11-25(4,5)6)15-18-9-10-19(26)13-21(18)27/h9-10,13,17H,7-8,11-12,15H2,1-6H3,(H,29,31). The molecule has 1 aromatic carbocycles. The number of carbonyl (C=O) groups excluding carboxylic acids is 1. The topological polar surface area (TPSA) is 56.1 Å². The molecule has 2 rings (SSSR count). The van der Waals surface area contributed by atoms with Crippen LogP contribution >= 0.6 is 34.5 Å². The van der Waals surface area contributed by atoms with E-state index in [4.69, 9.17) is 23.2 Å². The molecule has 0 fully saturated rings. The molecule has 0 radical (unpaired) electrons. The van der Waals surface area contributed by atoms with Crippen molar-refractivity contribution in [1.29, 1.82) is 5.26 Å². The third-order valence-corrected chi connectivity index (χ3v) is 7.48. The monoisotopic (exact) mass is 493 g/mol. The number of hydrogen-bond acceptors (Lipinski definition) is 4. The van der Waals surface area contributed by atoms with E-state index in [0.717, 1.165) is 41.9 Å². The Bertz CT molecular complexity index is 984. The molecule has 7 heteroatoms. The molecule has 32 heavy (non-hydrogen) atoms. The maximum atomic E-state index is 12.7. The van der Waals surface area contributed by atoms with Crippen LogP contribution in [-0.4, -0.2) is 12.5 Å². The van der Waals surface area contributed by atoms with Crippen molar-refractivity contribution >= 4 is 50.4 Å². The second kappa shape index (κ2) is 11.4. The van der Waals surface area contributed by atoms with Crippen LogP contribution in [0.4, 0.5) is 10.0 Å². The maximum absolute atomic E-state index is 12.7. The van der Waals surface area contributed by atoms with E-state index < -0.39 is 0 Å². The summed E-state index contributed by atoms with van der Waals surface area (Å²) in [6.07, 6.45) is 2.51. The lowest BCUT2D eigenvalue weighted by atomic mass is 9.92. The molecule has 0 spiro atoms. The van der Waals surface area contributed by atoms with E-state index in [0.29, 0.717) is 27.2 Å². The van der Waals surface area contributed by atoms with Crippen molar-refractivity contribution in [2.45, 2.75) is 67.3 Å². The van der Waals surface area contributed by atoms with Gasteiger partial charge >= 0.3 is 0 Å². The number of amides is 1. The zero-order chi connectivity index (χ0) is 24.1. The Morgan fingerprint density at radius 3 is 2.44 bits per heavy atom. The molecule has 1 heterocycles. The molecule has 0 saturated carbocycles. The summed E-state index contributed by atoms with van der Waals surface area (Å²) in [5.41, 5.74) is 2.54. The van der Waals surface area contributed by atoms with Crippen molar-refractivity contribution in [3.63, 3.8) is 0 Å². The molecule has 0 unspecified atom stereocenters. The van der Waals surface area contributed by atoms with Crippen LogP contribution in [-0.2, 0) is 11.3 Å². The Morgan fingerprint density at radius 2 is 1.91 bits per heavy atom. The molecule has 0 aliphatic rings. The molecule has 1 aromatic heterocycles. The highest BCUT2D eigenvalue weighted by molar-refractivity contribution is 7.20. The van der Waals surface area contributed by atoms with E-state index in [1.54, 1.807) is 6.07 Å². The van der Waals surface area contributed by atoms with E-state index in [9.17, 15) is 10.1 Å². The molecule has 0 saturated heterocycles. The average Bonchev–Trinajstić information content (AvgIpc) is 3.01. The Labute approximate surface area is 206 Å². The number of anilines is 2. The minimum absolute atomic E-state index is 0.0266. The van der Waals surface area contributed by atoms with Gasteiger partial charge in [0.2, 0.25) is 5.91 Å². The van der Waals surface area contributed by atoms with E-state index in [-0.39, 0.29) is 17.2 Å². The molecule has 1 N–H and O–H groups in total. The molecular weight excluding hydrogens is 461 g/mol. The molecule has 174 valence electrons. The van der Waals surface area contributed by atoms with Gasteiger partial charge in [0.05, 0.1) is 10.6 Å². The van der Waals surface area contributed by atoms with Crippen LogP contribution in [0.3, 0.4) is 0 Å². The van der Waals surface area contributed by atoms with Crippen molar-refractivity contribution < 1.29 is 4.79 Å². The normalized spacial score (nSPS) is 11.5. The van der Waals surface area contributed by atoms with Gasteiger partial charge in [0.15, 0.2) is 0 Å². The summed E-state index contributed by atoms with van der Waals surface area (Å²) in [5, 5.41) is 15.7. The summed E-state index contributed by atoms with van der Waals surface area (Å²) in [7, 11) is 0. The smallest absolute Gasteiger partial charge is 0.228 e. The van der Waals surface area contributed by atoms with Gasteiger partial charge in [-0.3, -0.25) is 4.79 Å². The minimum atomic E-state index is -0.0581. The van der Waals surface area contributed by atoms with E-state index in [1.165, 1.54) is 11.3 Å². The summed E-state index contributed by atoms with van der Waals surface area (Å²) >= 11 is 14.0. The zero-order valence-corrected chi connectivity index (χ0v) is 22.1. The van der Waals surface area contributed by atoms with Gasteiger partial charge in [-0.2, -0.15) is 5.26 Å². The Hall–Kier alpha value is -1.74. The summed E-state index contributed by atoms with van der Waals surface area (Å²) in [4.78, 5) is 15.0. The van der Waals surface area contributed by atoms with E-state index >= 15 is 0 Å². The van der Waals surface area contributed by atoms with Crippen LogP contribution in [0.5, 0.6) is 0 Å². The predicted octanol–water partition coefficient (Wildman–Crippen LogP) is 8.05. The maximum Gasteiger partial charge on any atom is 0.228 e. The van der Waals surface area contributed by atoms with Gasteiger partial charge in [-0.05, 0) is 49.3 Å². The SMILES string of the molecule is CCC(CC)C(=O)Nc1sc(N(CCC(C)(C)C)Cc2ccc(Cl)cc2Cl)c(C)c1C#N. The van der Waals surface area contributed by atoms with Crippen LogP contribution < -0.4 is 10.2 Å². The van der Waals surface area contributed by atoms with Gasteiger partial charge in [-0.25, -0.2) is 0 Å². The summed E-state index contributed by atoms with van der Waals surface area (Å²) in [6.45, 7) is 14.0. The lowest BCUT2D eigenvalue weighted by Crippen LogP contribution is -2.27. The Balaban J connectivity index is 2.44. The van der Waals surface area contributed by atoms with Crippen molar-refractivity contribution in [3.05, 3.63) is 44.9 Å². The lowest BCUT2D eigenvalue weighted by Gasteiger charge is -2.28. The summed E-state index contributed by atoms with van der Waals surface area (Å²) in [6, 6.07) is 7.84. The van der Waals surface area contributed by atoms with Crippen molar-refractivity contribution in [2.24, 2.45) is 11.3 Å². The predicted molar refractivity (Wildman–Crippen MR) is 138 cm³/mol. The van der Waals surface area contributed by atoms with E-state index in [1.807, 2.05) is 32.9 Å². The van der Waals surface area contributed by atoms with Gasteiger partial charge in [-0.15, -0.1) is 0 Å². The third-order valence-electron chi connectivity index (χ3n) is 5.62. The number of halogens is 2. The van der Waals surface area contributed by atoms with Crippen molar-refractivity contribution in [3.8, 4) is 6.07 Å². The first-order valence-corrected chi connectivity index (χ1v) is 12.6. The molecular formula is C25H33Cl2N3OS. The molecule has 1 amide bonds. The number of nitriles is 1. The van der Waals surface area contributed by atoms with Gasteiger partial charge in [-0.1, -0.05) is 75.2 Å². The molecule has 2 aromatic rings. The highest BCUT2D eigenvalue weighted by atomic mass is 35.5. The average molecular weight is 495 g/mol. The van der Waals surface area contributed by atoms with Crippen LogP contribution in [0.25, 0.3) is 0 Å². The number of thiophene rings is 1. The lowest BCUT2D eigenvalue weighted by molar-refractivity contribution is -0.120. The molecule has 0 aliphatic carbocycles. The van der Waals surface area contributed by atoms with Gasteiger partial charge in [0.25, 0.3) is 0 Å². The van der Waals surface area contributed by atoms with Crippen LogP contribution in [0.2, 0.25) is 10.0 Å². The highest BCUT2D eigenvalue weighted by Gasteiger charge is 2.24. The fraction of sp³-hybridized carbons (Fsp3) is 0.520. The fourth-order valence-electron chi connectivity index (χ4n) is 3.48. The van der Waals surface area contributed by atoms with Crippen LogP contribution in [0.1, 0.15) is 70.6 Å². The first-order valence-electron chi connectivity index (χ1n) is 11.0. The highest BCUT2D eigenvalue weighted by Crippen LogP contribution is 2.41. The number of rotatable bonds is 9. The van der Waals surface area contributed by atoms with Crippen LogP contribution in [0.15, 0.2) is 18.2 Å². The Kier molecular flexibility index (Phi) is 9.45. The van der Waals surface area contributed by atoms with Gasteiger partial charge in [0, 0.05) is 34.6 Å². The third kappa shape index (κ3) is 6.88. The van der Waals surface area contributed by atoms with Gasteiger partial charge < -0.3 is 10.2 Å². The number of benzene rings is 1. The molecule has 0 atom stereocenters. The number of carbonyl (C=O) groups is 1. The van der Waals surface area contributed by atoms with E-state index in [2.05, 4.69) is 37.1 Å². The Morgan fingerprint density at radius 1 is 1.25 bits per heavy atom. The van der Waals surface area contributed by atoms with Gasteiger partial charge in [0.1, 0.15) is 11.1 Å². The molecule has 4 nitrogen and oxygen atoms in total. The number of nitrogens with one attached hydrogen (secondary N) is 1. The summed E-state index contributed by atoms with van der Waals surface area (Å²) in [5.74, 6) is -0.0847. The fourth-order valence-corrected chi connectivity index (χ4v) is 5.13. The second-order valence-electron chi connectivity index (χ2n) is 9.32. The number of nitrogens with zero attached hydrogens (tertiary/aromatic N) is 2. The van der Waals surface area contributed by atoms with Crippen molar-refractivity contribution in [2.75, 3.05) is 16.8 Å². The molecule has 0 bridgehead atoms.